The summed E-state index contributed by atoms with van der Waals surface area (Å²) in [6.07, 6.45) is 0. The van der Waals surface area contributed by atoms with Crippen molar-refractivity contribution in [1.82, 2.24) is 0 Å². The molecule has 0 saturated heterocycles. The second kappa shape index (κ2) is 5.97. The van der Waals surface area contributed by atoms with Crippen LogP contribution in [-0.2, 0) is 10.0 Å². The lowest BCUT2D eigenvalue weighted by Gasteiger charge is -2.09. The summed E-state index contributed by atoms with van der Waals surface area (Å²) >= 11 is 0. The first-order valence-electron chi connectivity index (χ1n) is 6.31. The second-order valence-corrected chi connectivity index (χ2v) is 6.36. The Morgan fingerprint density at radius 3 is 2.14 bits per heavy atom. The van der Waals surface area contributed by atoms with Crippen molar-refractivity contribution in [2.45, 2.75) is 18.7 Å². The number of oxime groups is 1. The molecule has 0 aromatic heterocycles. The first kappa shape index (κ1) is 15.1. The van der Waals surface area contributed by atoms with Crippen molar-refractivity contribution >= 4 is 21.4 Å². The van der Waals surface area contributed by atoms with Crippen LogP contribution in [0.25, 0.3) is 0 Å². The Labute approximate surface area is 124 Å². The third-order valence-corrected chi connectivity index (χ3v) is 4.43. The van der Waals surface area contributed by atoms with Crippen LogP contribution < -0.4 is 4.72 Å². The van der Waals surface area contributed by atoms with Gasteiger partial charge in [-0.15, -0.1) is 0 Å². The Bertz CT molecular complexity index is 749. The minimum atomic E-state index is -3.60. The molecule has 0 amide bonds. The van der Waals surface area contributed by atoms with Crippen molar-refractivity contribution in [3.8, 4) is 0 Å². The van der Waals surface area contributed by atoms with E-state index < -0.39 is 10.0 Å². The number of hydrogen-bond donors (Lipinski definition) is 2. The van der Waals surface area contributed by atoms with Crippen LogP contribution in [0, 0.1) is 6.92 Å². The van der Waals surface area contributed by atoms with E-state index in [-0.39, 0.29) is 4.90 Å². The number of nitrogens with one attached hydrogen (secondary N) is 1. The molecule has 0 saturated carbocycles. The van der Waals surface area contributed by atoms with Gasteiger partial charge < -0.3 is 5.21 Å². The van der Waals surface area contributed by atoms with Gasteiger partial charge in [-0.3, -0.25) is 4.72 Å². The van der Waals surface area contributed by atoms with E-state index in [2.05, 4.69) is 9.88 Å². The SMILES string of the molecule is C/C(=N/O)c1ccc(NS(=O)(=O)c2ccc(C)cc2)cc1. The summed E-state index contributed by atoms with van der Waals surface area (Å²) in [7, 11) is -3.60. The molecule has 6 heteroatoms. The summed E-state index contributed by atoms with van der Waals surface area (Å²) in [6, 6.07) is 13.2. The monoisotopic (exact) mass is 304 g/mol. The minimum absolute atomic E-state index is 0.213. The van der Waals surface area contributed by atoms with E-state index in [1.165, 1.54) is 0 Å². The number of aryl methyl sites for hydroxylation is 1. The van der Waals surface area contributed by atoms with E-state index in [1.807, 2.05) is 6.92 Å². The van der Waals surface area contributed by atoms with Gasteiger partial charge in [-0.05, 0) is 43.7 Å². The van der Waals surface area contributed by atoms with Gasteiger partial charge in [-0.25, -0.2) is 8.42 Å². The molecule has 2 rings (SSSR count). The molecule has 0 bridgehead atoms. The van der Waals surface area contributed by atoms with E-state index >= 15 is 0 Å². The maximum Gasteiger partial charge on any atom is 0.261 e. The molecule has 0 heterocycles. The molecule has 0 radical (unpaired) electrons. The van der Waals surface area contributed by atoms with Crippen molar-refractivity contribution < 1.29 is 13.6 Å². The summed E-state index contributed by atoms with van der Waals surface area (Å²) < 4.78 is 26.9. The van der Waals surface area contributed by atoms with Gasteiger partial charge in [0.1, 0.15) is 0 Å². The Morgan fingerprint density at radius 1 is 1.05 bits per heavy atom. The fourth-order valence-corrected chi connectivity index (χ4v) is 2.83. The molecular weight excluding hydrogens is 288 g/mol. The predicted octanol–water partition coefficient (Wildman–Crippen LogP) is 2.99. The van der Waals surface area contributed by atoms with Crippen molar-refractivity contribution in [3.63, 3.8) is 0 Å². The van der Waals surface area contributed by atoms with Crippen LogP contribution in [0.3, 0.4) is 0 Å². The lowest BCUT2D eigenvalue weighted by molar-refractivity contribution is 0.319. The standard InChI is InChI=1S/C15H16N2O3S/c1-11-3-9-15(10-4-11)21(19,20)17-14-7-5-13(6-8-14)12(2)16-18/h3-10,17-18H,1-2H3/b16-12-. The molecule has 2 N–H and O–H groups in total. The fourth-order valence-electron chi connectivity index (χ4n) is 1.77. The highest BCUT2D eigenvalue weighted by Gasteiger charge is 2.13. The molecule has 2 aromatic rings. The van der Waals surface area contributed by atoms with Crippen LogP contribution in [0.5, 0.6) is 0 Å². The topological polar surface area (TPSA) is 78.8 Å². The molecule has 0 unspecified atom stereocenters. The lowest BCUT2D eigenvalue weighted by atomic mass is 10.1. The average molecular weight is 304 g/mol. The lowest BCUT2D eigenvalue weighted by Crippen LogP contribution is -2.13. The Kier molecular flexibility index (Phi) is 4.28. The first-order valence-corrected chi connectivity index (χ1v) is 7.79. The third kappa shape index (κ3) is 3.61. The minimum Gasteiger partial charge on any atom is -0.411 e. The van der Waals surface area contributed by atoms with E-state index in [0.717, 1.165) is 11.1 Å². The number of benzene rings is 2. The zero-order valence-corrected chi connectivity index (χ0v) is 12.6. The van der Waals surface area contributed by atoms with Gasteiger partial charge in [0, 0.05) is 5.69 Å². The van der Waals surface area contributed by atoms with E-state index in [9.17, 15) is 8.42 Å². The fraction of sp³-hybridized carbons (Fsp3) is 0.133. The molecule has 0 aliphatic heterocycles. The summed E-state index contributed by atoms with van der Waals surface area (Å²) in [5.74, 6) is 0. The van der Waals surface area contributed by atoms with Crippen molar-refractivity contribution in [1.29, 1.82) is 0 Å². The molecule has 21 heavy (non-hydrogen) atoms. The van der Waals surface area contributed by atoms with Gasteiger partial charge in [0.05, 0.1) is 10.6 Å². The molecule has 0 aliphatic carbocycles. The number of nitrogens with zero attached hydrogens (tertiary/aromatic N) is 1. The largest absolute Gasteiger partial charge is 0.411 e. The van der Waals surface area contributed by atoms with Gasteiger partial charge >= 0.3 is 0 Å². The smallest absolute Gasteiger partial charge is 0.261 e. The summed E-state index contributed by atoms with van der Waals surface area (Å²) in [5.41, 5.74) is 2.63. The maximum atomic E-state index is 12.2. The highest BCUT2D eigenvalue weighted by atomic mass is 32.2. The number of rotatable bonds is 4. The second-order valence-electron chi connectivity index (χ2n) is 4.68. The zero-order valence-electron chi connectivity index (χ0n) is 11.7. The predicted molar refractivity (Wildman–Crippen MR) is 82.4 cm³/mol. The highest BCUT2D eigenvalue weighted by molar-refractivity contribution is 7.92. The summed E-state index contributed by atoms with van der Waals surface area (Å²) in [5, 5.41) is 11.8. The van der Waals surface area contributed by atoms with Crippen LogP contribution in [0.4, 0.5) is 5.69 Å². The van der Waals surface area contributed by atoms with Gasteiger partial charge in [0.25, 0.3) is 10.0 Å². The maximum absolute atomic E-state index is 12.2. The molecule has 0 atom stereocenters. The number of hydrogen-bond acceptors (Lipinski definition) is 4. The van der Waals surface area contributed by atoms with Crippen molar-refractivity contribution in [2.75, 3.05) is 4.72 Å². The van der Waals surface area contributed by atoms with Gasteiger partial charge in [0.2, 0.25) is 0 Å². The van der Waals surface area contributed by atoms with Crippen molar-refractivity contribution in [3.05, 3.63) is 59.7 Å². The Balaban J connectivity index is 2.23. The van der Waals surface area contributed by atoms with E-state index in [1.54, 1.807) is 55.5 Å². The van der Waals surface area contributed by atoms with Gasteiger partial charge in [-0.1, -0.05) is 35.0 Å². The molecular formula is C15H16N2O3S. The molecule has 5 nitrogen and oxygen atoms in total. The Hall–Kier alpha value is -2.34. The molecule has 110 valence electrons. The Morgan fingerprint density at radius 2 is 1.62 bits per heavy atom. The zero-order chi connectivity index (χ0) is 15.5. The quantitative estimate of drug-likeness (QED) is 0.518. The van der Waals surface area contributed by atoms with E-state index in [4.69, 9.17) is 5.21 Å². The van der Waals surface area contributed by atoms with Gasteiger partial charge in [0.15, 0.2) is 0 Å². The van der Waals surface area contributed by atoms with Crippen LogP contribution in [0.15, 0.2) is 58.6 Å². The number of anilines is 1. The van der Waals surface area contributed by atoms with Crippen LogP contribution >= 0.6 is 0 Å². The molecule has 0 fully saturated rings. The number of sulfonamides is 1. The van der Waals surface area contributed by atoms with Crippen LogP contribution in [-0.4, -0.2) is 19.3 Å². The summed E-state index contributed by atoms with van der Waals surface area (Å²) in [4.78, 5) is 0.213. The van der Waals surface area contributed by atoms with Crippen molar-refractivity contribution in [2.24, 2.45) is 5.16 Å². The van der Waals surface area contributed by atoms with E-state index in [0.29, 0.717) is 11.4 Å². The summed E-state index contributed by atoms with van der Waals surface area (Å²) in [6.45, 7) is 3.55. The highest BCUT2D eigenvalue weighted by Crippen LogP contribution is 2.17. The average Bonchev–Trinajstić information content (AvgIpc) is 2.47. The normalized spacial score (nSPS) is 12.2. The third-order valence-electron chi connectivity index (χ3n) is 3.04. The molecule has 0 aliphatic rings. The molecule has 2 aromatic carbocycles. The van der Waals surface area contributed by atoms with Crippen LogP contribution in [0.1, 0.15) is 18.1 Å². The van der Waals surface area contributed by atoms with Crippen LogP contribution in [0.2, 0.25) is 0 Å². The van der Waals surface area contributed by atoms with Gasteiger partial charge in [-0.2, -0.15) is 0 Å². The first-order chi connectivity index (χ1) is 9.92. The molecule has 0 spiro atoms.